The molecule has 0 saturated carbocycles. The number of methoxy groups -OCH3 is 1. The van der Waals surface area contributed by atoms with Crippen molar-refractivity contribution in [3.8, 4) is 17.1 Å². The molecule has 31 heavy (non-hydrogen) atoms. The molecule has 2 aromatic carbocycles. The lowest BCUT2D eigenvalue weighted by Gasteiger charge is -2.18. The molecule has 162 valence electrons. The molecule has 0 bridgehead atoms. The van der Waals surface area contributed by atoms with Crippen LogP contribution in [0, 0.1) is 0 Å². The summed E-state index contributed by atoms with van der Waals surface area (Å²) >= 11 is 5.89. The summed E-state index contributed by atoms with van der Waals surface area (Å²) < 4.78 is 10.2. The molecule has 0 fully saturated rings. The predicted molar refractivity (Wildman–Crippen MR) is 113 cm³/mol. The van der Waals surface area contributed by atoms with Crippen LogP contribution in [0.15, 0.2) is 48.5 Å². The van der Waals surface area contributed by atoms with E-state index in [0.29, 0.717) is 16.6 Å². The van der Waals surface area contributed by atoms with Gasteiger partial charge < -0.3 is 14.8 Å². The van der Waals surface area contributed by atoms with E-state index in [1.165, 1.54) is 4.80 Å². The molecule has 0 aliphatic carbocycles. The third-order valence-electron chi connectivity index (χ3n) is 4.37. The second-order valence-corrected chi connectivity index (χ2v) is 6.99. The summed E-state index contributed by atoms with van der Waals surface area (Å²) in [5.41, 5.74) is 1.48. The summed E-state index contributed by atoms with van der Waals surface area (Å²) in [7, 11) is 1.57. The minimum Gasteiger partial charge on any atom is -0.497 e. The first-order chi connectivity index (χ1) is 15.0. The van der Waals surface area contributed by atoms with Crippen molar-refractivity contribution in [3.63, 3.8) is 0 Å². The van der Waals surface area contributed by atoms with Gasteiger partial charge in [0.1, 0.15) is 12.3 Å². The second-order valence-electron chi connectivity index (χ2n) is 6.55. The summed E-state index contributed by atoms with van der Waals surface area (Å²) in [6.45, 7) is 1.84. The third-order valence-corrected chi connectivity index (χ3v) is 4.62. The Morgan fingerprint density at radius 3 is 2.48 bits per heavy atom. The quantitative estimate of drug-likeness (QED) is 0.506. The Hall–Kier alpha value is -3.46. The highest BCUT2D eigenvalue weighted by Crippen LogP contribution is 2.21. The molecule has 0 aliphatic heterocycles. The first kappa shape index (κ1) is 22.2. The Balaban J connectivity index is 1.69. The Morgan fingerprint density at radius 1 is 1.13 bits per heavy atom. The SMILES string of the molecule is CCOC(=O)CC(NC(=O)Cn1nnc(-c2ccc(Cl)cc2)n1)c1ccc(OC)cc1. The smallest absolute Gasteiger partial charge is 0.308 e. The lowest BCUT2D eigenvalue weighted by molar-refractivity contribution is -0.143. The van der Waals surface area contributed by atoms with E-state index in [1.54, 1.807) is 62.6 Å². The molecule has 0 radical (unpaired) electrons. The van der Waals surface area contributed by atoms with Gasteiger partial charge in [-0.3, -0.25) is 9.59 Å². The molecule has 1 atom stereocenters. The molecule has 0 aliphatic rings. The number of amides is 1. The molecular weight excluding hydrogens is 422 g/mol. The van der Waals surface area contributed by atoms with Crippen molar-refractivity contribution in [2.45, 2.75) is 25.9 Å². The van der Waals surface area contributed by atoms with E-state index in [9.17, 15) is 9.59 Å². The standard InChI is InChI=1S/C21H22ClN5O4/c1-3-31-20(29)12-18(14-6-10-17(30-2)11-7-14)23-19(28)13-27-25-21(24-26-27)15-4-8-16(22)9-5-15/h4-11,18H,3,12-13H2,1-2H3,(H,23,28). The van der Waals surface area contributed by atoms with Gasteiger partial charge in [-0.2, -0.15) is 4.80 Å². The Morgan fingerprint density at radius 2 is 1.84 bits per heavy atom. The van der Waals surface area contributed by atoms with Crippen molar-refractivity contribution in [1.29, 1.82) is 0 Å². The number of hydrogen-bond donors (Lipinski definition) is 1. The fraction of sp³-hybridized carbons (Fsp3) is 0.286. The summed E-state index contributed by atoms with van der Waals surface area (Å²) in [6, 6.07) is 13.5. The van der Waals surface area contributed by atoms with Crippen molar-refractivity contribution < 1.29 is 19.1 Å². The number of esters is 1. The second kappa shape index (κ2) is 10.5. The van der Waals surface area contributed by atoms with Crippen molar-refractivity contribution in [3.05, 3.63) is 59.1 Å². The van der Waals surface area contributed by atoms with Crippen LogP contribution in [0.2, 0.25) is 5.02 Å². The molecule has 3 rings (SSSR count). The Bertz CT molecular complexity index is 1020. The van der Waals surface area contributed by atoms with Gasteiger partial charge in [0.2, 0.25) is 11.7 Å². The number of ether oxygens (including phenoxy) is 2. The van der Waals surface area contributed by atoms with Gasteiger partial charge in [-0.25, -0.2) is 0 Å². The van der Waals surface area contributed by atoms with Gasteiger partial charge >= 0.3 is 5.97 Å². The summed E-state index contributed by atoms with van der Waals surface area (Å²) in [4.78, 5) is 25.8. The van der Waals surface area contributed by atoms with Gasteiger partial charge in [0.05, 0.1) is 26.2 Å². The normalized spacial score (nSPS) is 11.6. The van der Waals surface area contributed by atoms with Gasteiger partial charge in [-0.05, 0) is 54.1 Å². The van der Waals surface area contributed by atoms with Crippen molar-refractivity contribution in [2.24, 2.45) is 0 Å². The maximum Gasteiger partial charge on any atom is 0.308 e. The molecule has 3 aromatic rings. The number of nitrogens with one attached hydrogen (secondary N) is 1. The van der Waals surface area contributed by atoms with Crippen LogP contribution in [0.1, 0.15) is 24.9 Å². The first-order valence-corrected chi connectivity index (χ1v) is 9.99. The molecule has 0 spiro atoms. The zero-order chi connectivity index (χ0) is 22.2. The number of carbonyl (C=O) groups is 2. The highest BCUT2D eigenvalue weighted by molar-refractivity contribution is 6.30. The highest BCUT2D eigenvalue weighted by Gasteiger charge is 2.20. The van der Waals surface area contributed by atoms with Crippen LogP contribution in [0.3, 0.4) is 0 Å². The van der Waals surface area contributed by atoms with E-state index in [4.69, 9.17) is 21.1 Å². The average Bonchev–Trinajstić information content (AvgIpc) is 3.22. The molecular formula is C21H22ClN5O4. The maximum absolute atomic E-state index is 12.6. The number of carbonyl (C=O) groups excluding carboxylic acids is 2. The molecule has 9 nitrogen and oxygen atoms in total. The van der Waals surface area contributed by atoms with Crippen LogP contribution in [-0.2, 0) is 20.9 Å². The molecule has 10 heteroatoms. The number of hydrogen-bond acceptors (Lipinski definition) is 7. The molecule has 0 saturated heterocycles. The number of tetrazole rings is 1. The largest absolute Gasteiger partial charge is 0.497 e. The zero-order valence-electron chi connectivity index (χ0n) is 17.1. The van der Waals surface area contributed by atoms with Crippen molar-refractivity contribution >= 4 is 23.5 Å². The summed E-state index contributed by atoms with van der Waals surface area (Å²) in [5, 5.41) is 15.6. The topological polar surface area (TPSA) is 108 Å². The number of nitrogens with zero attached hydrogens (tertiary/aromatic N) is 4. The molecule has 1 unspecified atom stereocenters. The molecule has 1 heterocycles. The van der Waals surface area contributed by atoms with E-state index in [1.807, 2.05) is 0 Å². The number of rotatable bonds is 9. The molecule has 1 N–H and O–H groups in total. The number of halogens is 1. The maximum atomic E-state index is 12.6. The van der Waals surface area contributed by atoms with Gasteiger partial charge in [-0.15, -0.1) is 10.2 Å². The van der Waals surface area contributed by atoms with E-state index >= 15 is 0 Å². The van der Waals surface area contributed by atoms with E-state index in [0.717, 1.165) is 11.1 Å². The molecule has 1 aromatic heterocycles. The van der Waals surface area contributed by atoms with E-state index in [-0.39, 0.29) is 25.5 Å². The Kier molecular flexibility index (Phi) is 7.55. The fourth-order valence-corrected chi connectivity index (χ4v) is 2.99. The van der Waals surface area contributed by atoms with Gasteiger partial charge in [0.15, 0.2) is 0 Å². The number of aromatic nitrogens is 4. The first-order valence-electron chi connectivity index (χ1n) is 9.61. The third kappa shape index (κ3) is 6.26. The predicted octanol–water partition coefficient (Wildman–Crippen LogP) is 2.81. The Labute approximate surface area is 184 Å². The lowest BCUT2D eigenvalue weighted by atomic mass is 10.0. The van der Waals surface area contributed by atoms with Crippen LogP contribution in [0.25, 0.3) is 11.4 Å². The van der Waals surface area contributed by atoms with Crippen LogP contribution in [0.5, 0.6) is 5.75 Å². The van der Waals surface area contributed by atoms with Crippen molar-refractivity contribution in [2.75, 3.05) is 13.7 Å². The summed E-state index contributed by atoms with van der Waals surface area (Å²) in [6.07, 6.45) is -0.00722. The van der Waals surface area contributed by atoms with Crippen LogP contribution in [0.4, 0.5) is 0 Å². The zero-order valence-corrected chi connectivity index (χ0v) is 17.9. The monoisotopic (exact) mass is 443 g/mol. The highest BCUT2D eigenvalue weighted by atomic mass is 35.5. The summed E-state index contributed by atoms with van der Waals surface area (Å²) in [5.74, 6) is 0.270. The van der Waals surface area contributed by atoms with Gasteiger partial charge in [-0.1, -0.05) is 23.7 Å². The van der Waals surface area contributed by atoms with Crippen LogP contribution in [-0.4, -0.2) is 45.8 Å². The van der Waals surface area contributed by atoms with Crippen LogP contribution < -0.4 is 10.1 Å². The van der Waals surface area contributed by atoms with E-state index in [2.05, 4.69) is 20.7 Å². The minimum absolute atomic E-state index is 0.00722. The van der Waals surface area contributed by atoms with Gasteiger partial charge in [0, 0.05) is 10.6 Å². The fourth-order valence-electron chi connectivity index (χ4n) is 2.87. The van der Waals surface area contributed by atoms with E-state index < -0.39 is 12.0 Å². The van der Waals surface area contributed by atoms with Gasteiger partial charge in [0.25, 0.3) is 0 Å². The molecule has 1 amide bonds. The van der Waals surface area contributed by atoms with Crippen LogP contribution >= 0.6 is 11.6 Å². The minimum atomic E-state index is -0.572. The number of benzene rings is 2. The average molecular weight is 444 g/mol. The van der Waals surface area contributed by atoms with Crippen molar-refractivity contribution in [1.82, 2.24) is 25.5 Å². The lowest BCUT2D eigenvalue weighted by Crippen LogP contribution is -2.33.